The lowest BCUT2D eigenvalue weighted by Gasteiger charge is -2.14. The molecule has 0 aliphatic carbocycles. The van der Waals surface area contributed by atoms with Gasteiger partial charge in [0, 0.05) is 43.8 Å². The quantitative estimate of drug-likeness (QED) is 0.848. The molecule has 1 aliphatic heterocycles. The Morgan fingerprint density at radius 1 is 1.26 bits per heavy atom. The number of rotatable bonds is 6. The Morgan fingerprint density at radius 2 is 2.04 bits per heavy atom. The summed E-state index contributed by atoms with van der Waals surface area (Å²) in [5, 5.41) is 23.2. The number of aliphatic hydroxyl groups is 2. The van der Waals surface area contributed by atoms with Crippen LogP contribution in [0.2, 0.25) is 0 Å². The first-order valence-corrected chi connectivity index (χ1v) is 8.16. The van der Waals surface area contributed by atoms with E-state index in [1.165, 1.54) is 5.56 Å². The van der Waals surface area contributed by atoms with E-state index >= 15 is 0 Å². The molecule has 23 heavy (non-hydrogen) atoms. The van der Waals surface area contributed by atoms with Gasteiger partial charge in [-0.1, -0.05) is 0 Å². The maximum absolute atomic E-state index is 9.73. The Kier molecular flexibility index (Phi) is 4.84. The van der Waals surface area contributed by atoms with Gasteiger partial charge in [-0.05, 0) is 31.5 Å². The maximum Gasteiger partial charge on any atom is 0.129 e. The lowest BCUT2D eigenvalue weighted by Crippen LogP contribution is -2.20. The summed E-state index contributed by atoms with van der Waals surface area (Å²) < 4.78 is 7.53. The third-order valence-electron chi connectivity index (χ3n) is 4.58. The van der Waals surface area contributed by atoms with Gasteiger partial charge in [0.25, 0.3) is 0 Å². The van der Waals surface area contributed by atoms with Gasteiger partial charge in [0.15, 0.2) is 0 Å². The van der Waals surface area contributed by atoms with Crippen molar-refractivity contribution in [1.29, 1.82) is 0 Å². The van der Waals surface area contributed by atoms with Crippen LogP contribution in [0.1, 0.15) is 42.9 Å². The van der Waals surface area contributed by atoms with Gasteiger partial charge in [0.1, 0.15) is 18.1 Å². The van der Waals surface area contributed by atoms with Crippen LogP contribution in [-0.2, 0) is 13.2 Å². The molecular weight excluding hydrogens is 294 g/mol. The van der Waals surface area contributed by atoms with Gasteiger partial charge in [0.2, 0.25) is 0 Å². The Labute approximate surface area is 136 Å². The molecule has 0 amide bonds. The molecule has 0 unspecified atom stereocenters. The van der Waals surface area contributed by atoms with E-state index in [1.54, 1.807) is 6.07 Å². The second kappa shape index (κ2) is 6.86. The monoisotopic (exact) mass is 319 g/mol. The summed E-state index contributed by atoms with van der Waals surface area (Å²) in [7, 11) is 0. The standard InChI is InChI=1S/C17H25N3O3/c1-12(2)20-7-13(5-18-20)17-9-19(6-14(17)10-21)8-15-3-4-16(11-22)23-15/h3-5,7,12,14,17,21-22H,6,8-11H2,1-2H3/t14-,17-/m0/s1. The van der Waals surface area contributed by atoms with E-state index in [0.717, 1.165) is 18.8 Å². The fourth-order valence-electron chi connectivity index (χ4n) is 3.29. The molecule has 0 bridgehead atoms. The minimum absolute atomic E-state index is 0.0731. The molecule has 6 heteroatoms. The summed E-state index contributed by atoms with van der Waals surface area (Å²) in [5.41, 5.74) is 1.19. The average molecular weight is 319 g/mol. The fourth-order valence-corrected chi connectivity index (χ4v) is 3.29. The number of aromatic nitrogens is 2. The van der Waals surface area contributed by atoms with Crippen molar-refractivity contribution in [2.45, 2.75) is 39.0 Å². The molecule has 3 rings (SSSR count). The number of hydrogen-bond acceptors (Lipinski definition) is 5. The fraction of sp³-hybridized carbons (Fsp3) is 0.588. The molecule has 1 aliphatic rings. The maximum atomic E-state index is 9.73. The molecular formula is C17H25N3O3. The van der Waals surface area contributed by atoms with E-state index in [9.17, 15) is 5.11 Å². The van der Waals surface area contributed by atoms with Crippen molar-refractivity contribution in [3.8, 4) is 0 Å². The molecule has 3 heterocycles. The molecule has 0 saturated carbocycles. The van der Waals surface area contributed by atoms with E-state index in [4.69, 9.17) is 9.52 Å². The van der Waals surface area contributed by atoms with E-state index in [1.807, 2.05) is 16.9 Å². The van der Waals surface area contributed by atoms with Crippen LogP contribution in [0.25, 0.3) is 0 Å². The van der Waals surface area contributed by atoms with Crippen molar-refractivity contribution in [3.63, 3.8) is 0 Å². The van der Waals surface area contributed by atoms with Crippen LogP contribution in [0.15, 0.2) is 28.9 Å². The van der Waals surface area contributed by atoms with Gasteiger partial charge < -0.3 is 14.6 Å². The van der Waals surface area contributed by atoms with Crippen molar-refractivity contribution in [2.24, 2.45) is 5.92 Å². The Morgan fingerprint density at radius 3 is 2.65 bits per heavy atom. The predicted molar refractivity (Wildman–Crippen MR) is 85.8 cm³/mol. The number of likely N-dealkylation sites (tertiary alicyclic amines) is 1. The first kappa shape index (κ1) is 16.2. The Balaban J connectivity index is 1.69. The molecule has 2 aromatic rings. The van der Waals surface area contributed by atoms with E-state index in [-0.39, 0.29) is 19.1 Å². The molecule has 6 nitrogen and oxygen atoms in total. The van der Waals surface area contributed by atoms with Crippen LogP contribution >= 0.6 is 0 Å². The lowest BCUT2D eigenvalue weighted by molar-refractivity contribution is 0.207. The summed E-state index contributed by atoms with van der Waals surface area (Å²) in [4.78, 5) is 2.29. The molecule has 2 aromatic heterocycles. The van der Waals surface area contributed by atoms with Crippen molar-refractivity contribution in [1.82, 2.24) is 14.7 Å². The topological polar surface area (TPSA) is 74.7 Å². The van der Waals surface area contributed by atoms with Gasteiger partial charge in [-0.15, -0.1) is 0 Å². The minimum Gasteiger partial charge on any atom is -0.462 e. The zero-order valence-corrected chi connectivity index (χ0v) is 13.7. The molecule has 0 aromatic carbocycles. The summed E-state index contributed by atoms with van der Waals surface area (Å²) in [6, 6.07) is 4.05. The van der Waals surface area contributed by atoms with Gasteiger partial charge in [-0.2, -0.15) is 5.10 Å². The highest BCUT2D eigenvalue weighted by molar-refractivity contribution is 5.17. The Bertz CT molecular complexity index is 635. The van der Waals surface area contributed by atoms with Crippen LogP contribution < -0.4 is 0 Å². The normalized spacial score (nSPS) is 22.3. The van der Waals surface area contributed by atoms with Gasteiger partial charge in [0.05, 0.1) is 12.7 Å². The van der Waals surface area contributed by atoms with E-state index in [0.29, 0.717) is 24.3 Å². The molecule has 1 saturated heterocycles. The second-order valence-corrected chi connectivity index (χ2v) is 6.62. The van der Waals surface area contributed by atoms with Crippen molar-refractivity contribution in [3.05, 3.63) is 41.6 Å². The van der Waals surface area contributed by atoms with Crippen LogP contribution in [0.4, 0.5) is 0 Å². The first-order chi connectivity index (χ1) is 11.1. The highest BCUT2D eigenvalue weighted by atomic mass is 16.4. The van der Waals surface area contributed by atoms with Crippen LogP contribution in [0.3, 0.4) is 0 Å². The number of furan rings is 1. The highest BCUT2D eigenvalue weighted by Crippen LogP contribution is 2.33. The van der Waals surface area contributed by atoms with E-state index in [2.05, 4.69) is 30.0 Å². The summed E-state index contributed by atoms with van der Waals surface area (Å²) >= 11 is 0. The third kappa shape index (κ3) is 3.49. The molecule has 2 atom stereocenters. The van der Waals surface area contributed by atoms with Crippen molar-refractivity contribution >= 4 is 0 Å². The molecule has 126 valence electrons. The zero-order chi connectivity index (χ0) is 16.4. The third-order valence-corrected chi connectivity index (χ3v) is 4.58. The molecule has 2 N–H and O–H groups in total. The van der Waals surface area contributed by atoms with Gasteiger partial charge in [-0.25, -0.2) is 0 Å². The van der Waals surface area contributed by atoms with Crippen LogP contribution in [-0.4, -0.2) is 44.6 Å². The minimum atomic E-state index is -0.0731. The van der Waals surface area contributed by atoms with E-state index < -0.39 is 0 Å². The largest absolute Gasteiger partial charge is 0.462 e. The van der Waals surface area contributed by atoms with Gasteiger partial charge in [-0.3, -0.25) is 9.58 Å². The summed E-state index contributed by atoms with van der Waals surface area (Å²) in [5.74, 6) is 1.95. The average Bonchev–Trinajstić information content (AvgIpc) is 3.26. The number of hydrogen-bond donors (Lipinski definition) is 2. The predicted octanol–water partition coefficient (Wildman–Crippen LogP) is 1.76. The van der Waals surface area contributed by atoms with Crippen molar-refractivity contribution < 1.29 is 14.6 Å². The van der Waals surface area contributed by atoms with Crippen LogP contribution in [0.5, 0.6) is 0 Å². The molecule has 1 fully saturated rings. The SMILES string of the molecule is CC(C)n1cc([C@@H]2CN(Cc3ccc(CO)o3)C[C@H]2CO)cn1. The number of aliphatic hydroxyl groups excluding tert-OH is 2. The lowest BCUT2D eigenvalue weighted by atomic mass is 9.92. The number of nitrogens with zero attached hydrogens (tertiary/aromatic N) is 3. The summed E-state index contributed by atoms with van der Waals surface area (Å²) in [6.45, 7) is 6.73. The van der Waals surface area contributed by atoms with Gasteiger partial charge >= 0.3 is 0 Å². The first-order valence-electron chi connectivity index (χ1n) is 8.16. The summed E-state index contributed by atoms with van der Waals surface area (Å²) in [6.07, 6.45) is 4.02. The molecule has 0 spiro atoms. The second-order valence-electron chi connectivity index (χ2n) is 6.62. The zero-order valence-electron chi connectivity index (χ0n) is 13.7. The Hall–Kier alpha value is -1.63. The highest BCUT2D eigenvalue weighted by Gasteiger charge is 2.34. The smallest absolute Gasteiger partial charge is 0.129 e. The molecule has 0 radical (unpaired) electrons. The van der Waals surface area contributed by atoms with Crippen molar-refractivity contribution in [2.75, 3.05) is 19.7 Å². The van der Waals surface area contributed by atoms with Crippen LogP contribution in [0, 0.1) is 5.92 Å².